The van der Waals surface area contributed by atoms with Gasteiger partial charge in [-0.2, -0.15) is 0 Å². The number of rotatable bonds is 2. The number of ether oxygens (including phenoxy) is 1. The highest BCUT2D eigenvalue weighted by Gasteiger charge is 2.52. The van der Waals surface area contributed by atoms with Crippen LogP contribution in [0.5, 0.6) is 0 Å². The van der Waals surface area contributed by atoms with Gasteiger partial charge < -0.3 is 18.9 Å². The highest BCUT2D eigenvalue weighted by atomic mass is 32.1. The van der Waals surface area contributed by atoms with E-state index < -0.39 is 5.60 Å². The van der Waals surface area contributed by atoms with Crippen LogP contribution in [0.25, 0.3) is 0 Å². The van der Waals surface area contributed by atoms with Gasteiger partial charge in [-0.3, -0.25) is 0 Å². The summed E-state index contributed by atoms with van der Waals surface area (Å²) in [6.45, 7) is 17.7. The number of hydrogen-bond acceptors (Lipinski definition) is 5. The van der Waals surface area contributed by atoms with Crippen molar-refractivity contribution in [2.75, 3.05) is 13.1 Å². The fourth-order valence-electron chi connectivity index (χ4n) is 3.71. The Labute approximate surface area is 173 Å². The third kappa shape index (κ3) is 4.41. The molecule has 28 heavy (non-hydrogen) atoms. The summed E-state index contributed by atoms with van der Waals surface area (Å²) in [6, 6.07) is 4.34. The van der Waals surface area contributed by atoms with E-state index >= 15 is 0 Å². The number of thiophene rings is 1. The van der Waals surface area contributed by atoms with Crippen LogP contribution in [0.3, 0.4) is 0 Å². The third-order valence-electron chi connectivity index (χ3n) is 6.06. The normalized spacial score (nSPS) is 27.1. The summed E-state index contributed by atoms with van der Waals surface area (Å²) in [5.41, 5.74) is -1.11. The van der Waals surface area contributed by atoms with Gasteiger partial charge in [0.05, 0.1) is 11.2 Å². The maximum Gasteiger partial charge on any atom is 0.505 e. The SMILES string of the molecule is CC1CN(C(=O)OC(C)(C)C)CCC1c1ccc(B2OC(C)(C)C(C)(C)O2)s1. The van der Waals surface area contributed by atoms with E-state index in [0.29, 0.717) is 11.8 Å². The standard InChI is InChI=1S/C21H34BNO4S/c1-14-13-23(18(24)25-19(2,3)4)12-11-15(14)16-9-10-17(28-16)22-26-20(5,6)21(7,8)27-22/h9-10,14-15H,11-13H2,1-8H3. The molecule has 156 valence electrons. The molecule has 5 nitrogen and oxygen atoms in total. The second kappa shape index (κ2) is 7.33. The van der Waals surface area contributed by atoms with Gasteiger partial charge in [0.2, 0.25) is 0 Å². The van der Waals surface area contributed by atoms with Gasteiger partial charge in [0.1, 0.15) is 5.60 Å². The quantitative estimate of drug-likeness (QED) is 0.682. The third-order valence-corrected chi connectivity index (χ3v) is 7.29. The molecule has 0 saturated carbocycles. The first-order valence-corrected chi connectivity index (χ1v) is 11.0. The van der Waals surface area contributed by atoms with Crippen molar-refractivity contribution in [2.24, 2.45) is 5.92 Å². The molecule has 3 heterocycles. The van der Waals surface area contributed by atoms with Gasteiger partial charge in [-0.25, -0.2) is 4.79 Å². The van der Waals surface area contributed by atoms with Crippen LogP contribution < -0.4 is 4.78 Å². The van der Waals surface area contributed by atoms with Crippen LogP contribution in [-0.4, -0.2) is 48.0 Å². The monoisotopic (exact) mass is 407 g/mol. The summed E-state index contributed by atoms with van der Waals surface area (Å²) in [5, 5.41) is 0. The van der Waals surface area contributed by atoms with Crippen molar-refractivity contribution in [2.45, 2.75) is 84.5 Å². The van der Waals surface area contributed by atoms with Crippen molar-refractivity contribution in [1.29, 1.82) is 0 Å². The Bertz CT molecular complexity index is 708. The Morgan fingerprint density at radius 3 is 2.36 bits per heavy atom. The van der Waals surface area contributed by atoms with E-state index in [-0.39, 0.29) is 24.4 Å². The van der Waals surface area contributed by atoms with Crippen LogP contribution in [0.15, 0.2) is 12.1 Å². The average molecular weight is 407 g/mol. The maximum absolute atomic E-state index is 12.4. The Morgan fingerprint density at radius 1 is 1.21 bits per heavy atom. The fraction of sp³-hybridized carbons (Fsp3) is 0.762. The molecule has 0 aromatic carbocycles. The minimum atomic E-state index is -0.456. The summed E-state index contributed by atoms with van der Waals surface area (Å²) < 4.78 is 19.0. The van der Waals surface area contributed by atoms with E-state index in [1.54, 1.807) is 11.3 Å². The first-order valence-electron chi connectivity index (χ1n) is 10.2. The average Bonchev–Trinajstić information content (AvgIpc) is 3.08. The van der Waals surface area contributed by atoms with E-state index in [1.807, 2.05) is 25.7 Å². The van der Waals surface area contributed by atoms with Crippen molar-refractivity contribution in [3.8, 4) is 0 Å². The summed E-state index contributed by atoms with van der Waals surface area (Å²) in [4.78, 5) is 15.6. The molecular formula is C21H34BNO4S. The lowest BCUT2D eigenvalue weighted by atomic mass is 9.85. The van der Waals surface area contributed by atoms with Crippen molar-refractivity contribution in [3.05, 3.63) is 17.0 Å². The van der Waals surface area contributed by atoms with Crippen LogP contribution in [-0.2, 0) is 14.0 Å². The number of hydrogen-bond donors (Lipinski definition) is 0. The van der Waals surface area contributed by atoms with Gasteiger partial charge in [-0.1, -0.05) is 13.0 Å². The molecule has 0 bridgehead atoms. The molecule has 3 rings (SSSR count). The van der Waals surface area contributed by atoms with Crippen molar-refractivity contribution >= 4 is 29.3 Å². The topological polar surface area (TPSA) is 48.0 Å². The van der Waals surface area contributed by atoms with E-state index in [9.17, 15) is 4.79 Å². The largest absolute Gasteiger partial charge is 0.505 e. The summed E-state index contributed by atoms with van der Waals surface area (Å²) >= 11 is 1.78. The van der Waals surface area contributed by atoms with Crippen LogP contribution in [0.1, 0.15) is 72.6 Å². The maximum atomic E-state index is 12.4. The highest BCUT2D eigenvalue weighted by Crippen LogP contribution is 2.39. The molecule has 0 spiro atoms. The molecule has 1 amide bonds. The van der Waals surface area contributed by atoms with E-state index in [1.165, 1.54) is 4.88 Å². The Balaban J connectivity index is 1.64. The molecule has 1 aromatic heterocycles. The number of nitrogens with zero attached hydrogens (tertiary/aromatic N) is 1. The highest BCUT2D eigenvalue weighted by molar-refractivity contribution is 7.22. The van der Waals surface area contributed by atoms with Gasteiger partial charge >= 0.3 is 13.2 Å². The molecule has 1 aromatic rings. The molecule has 2 atom stereocenters. The van der Waals surface area contributed by atoms with Crippen molar-refractivity contribution in [3.63, 3.8) is 0 Å². The molecule has 2 aliphatic rings. The predicted molar refractivity (Wildman–Crippen MR) is 114 cm³/mol. The zero-order valence-electron chi connectivity index (χ0n) is 18.5. The van der Waals surface area contributed by atoms with E-state index in [4.69, 9.17) is 14.0 Å². The van der Waals surface area contributed by atoms with Crippen LogP contribution >= 0.6 is 11.3 Å². The smallest absolute Gasteiger partial charge is 0.444 e. The van der Waals surface area contributed by atoms with Crippen LogP contribution in [0.2, 0.25) is 0 Å². The van der Waals surface area contributed by atoms with Crippen LogP contribution in [0.4, 0.5) is 4.79 Å². The molecule has 0 radical (unpaired) electrons. The molecule has 2 fully saturated rings. The molecule has 0 aliphatic carbocycles. The van der Waals surface area contributed by atoms with Gasteiger partial charge in [0, 0.05) is 22.7 Å². The molecule has 0 N–H and O–H groups in total. The summed E-state index contributed by atoms with van der Waals surface area (Å²) in [5.74, 6) is 0.825. The lowest BCUT2D eigenvalue weighted by Crippen LogP contribution is -2.44. The summed E-state index contributed by atoms with van der Waals surface area (Å²) in [7, 11) is -0.305. The van der Waals surface area contributed by atoms with Gasteiger partial charge in [-0.15, -0.1) is 11.3 Å². The van der Waals surface area contributed by atoms with Crippen molar-refractivity contribution < 1.29 is 18.8 Å². The zero-order chi connectivity index (χ0) is 20.9. The van der Waals surface area contributed by atoms with Gasteiger partial charge in [0.15, 0.2) is 0 Å². The Kier molecular flexibility index (Phi) is 5.67. The molecular weight excluding hydrogens is 373 g/mol. The molecule has 7 heteroatoms. The first kappa shape index (κ1) is 21.7. The Morgan fingerprint density at radius 2 is 1.82 bits per heavy atom. The first-order chi connectivity index (χ1) is 12.8. The summed E-state index contributed by atoms with van der Waals surface area (Å²) in [6.07, 6.45) is 0.742. The van der Waals surface area contributed by atoms with Gasteiger partial charge in [0.25, 0.3) is 0 Å². The lowest BCUT2D eigenvalue weighted by Gasteiger charge is -2.37. The minimum absolute atomic E-state index is 0.207. The predicted octanol–water partition coefficient (Wildman–Crippen LogP) is 4.41. The van der Waals surface area contributed by atoms with Crippen molar-refractivity contribution in [1.82, 2.24) is 4.90 Å². The van der Waals surface area contributed by atoms with E-state index in [0.717, 1.165) is 24.3 Å². The Hall–Kier alpha value is -1.05. The second-order valence-electron chi connectivity index (χ2n) is 10.1. The van der Waals surface area contributed by atoms with Crippen LogP contribution in [0, 0.1) is 5.92 Å². The zero-order valence-corrected chi connectivity index (χ0v) is 19.3. The van der Waals surface area contributed by atoms with E-state index in [2.05, 4.69) is 46.8 Å². The number of carbonyl (C=O) groups is 1. The van der Waals surface area contributed by atoms with Gasteiger partial charge in [-0.05, 0) is 72.8 Å². The second-order valence-corrected chi connectivity index (χ2v) is 11.3. The number of amides is 1. The lowest BCUT2D eigenvalue weighted by molar-refractivity contribution is 0.00578. The molecule has 2 unspecified atom stereocenters. The molecule has 2 saturated heterocycles. The number of likely N-dealkylation sites (tertiary alicyclic amines) is 1. The molecule has 2 aliphatic heterocycles. The fourth-order valence-corrected chi connectivity index (χ4v) is 4.95. The minimum Gasteiger partial charge on any atom is -0.444 e. The number of carbonyl (C=O) groups excluding carboxylic acids is 1. The number of piperidine rings is 1.